The lowest BCUT2D eigenvalue weighted by atomic mass is 10.2. The maximum absolute atomic E-state index is 11.6. The van der Waals surface area contributed by atoms with Gasteiger partial charge in [0.05, 0.1) is 11.0 Å². The zero-order valence-corrected chi connectivity index (χ0v) is 10.1. The van der Waals surface area contributed by atoms with Crippen molar-refractivity contribution in [3.8, 4) is 0 Å². The van der Waals surface area contributed by atoms with Crippen molar-refractivity contribution in [1.29, 1.82) is 0 Å². The summed E-state index contributed by atoms with van der Waals surface area (Å²) >= 11 is 0. The molecule has 1 fully saturated rings. The SMILES string of the molecule is O=C(O)CNC(=O)NCC1CCCCS1(=O)=O. The molecule has 0 saturated carbocycles. The molecule has 7 nitrogen and oxygen atoms in total. The highest BCUT2D eigenvalue weighted by Crippen LogP contribution is 2.18. The molecule has 1 aliphatic rings. The summed E-state index contributed by atoms with van der Waals surface area (Å²) in [5.74, 6) is -0.985. The molecule has 0 aromatic rings. The van der Waals surface area contributed by atoms with Gasteiger partial charge in [0.15, 0.2) is 9.84 Å². The first-order valence-corrected chi connectivity index (χ1v) is 7.08. The smallest absolute Gasteiger partial charge is 0.323 e. The van der Waals surface area contributed by atoms with Gasteiger partial charge in [-0.05, 0) is 12.8 Å². The van der Waals surface area contributed by atoms with Crippen LogP contribution in [0.25, 0.3) is 0 Å². The molecule has 1 saturated heterocycles. The van der Waals surface area contributed by atoms with Crippen LogP contribution in [0.1, 0.15) is 19.3 Å². The lowest BCUT2D eigenvalue weighted by Gasteiger charge is -2.22. The first-order valence-electron chi connectivity index (χ1n) is 5.37. The van der Waals surface area contributed by atoms with Gasteiger partial charge in [-0.3, -0.25) is 4.79 Å². The van der Waals surface area contributed by atoms with Crippen molar-refractivity contribution in [1.82, 2.24) is 10.6 Å². The number of carbonyl (C=O) groups is 2. The lowest BCUT2D eigenvalue weighted by molar-refractivity contribution is -0.135. The van der Waals surface area contributed by atoms with Crippen LogP contribution in [0.2, 0.25) is 0 Å². The van der Waals surface area contributed by atoms with Crippen LogP contribution in [-0.2, 0) is 14.6 Å². The highest BCUT2D eigenvalue weighted by Gasteiger charge is 2.28. The van der Waals surface area contributed by atoms with Crippen molar-refractivity contribution < 1.29 is 23.1 Å². The van der Waals surface area contributed by atoms with Gasteiger partial charge in [-0.2, -0.15) is 0 Å². The van der Waals surface area contributed by atoms with Crippen LogP contribution in [0.3, 0.4) is 0 Å². The Morgan fingerprint density at radius 1 is 1.24 bits per heavy atom. The first-order chi connectivity index (χ1) is 7.92. The molecule has 0 radical (unpaired) electrons. The summed E-state index contributed by atoms with van der Waals surface area (Å²) in [5, 5.41) is 12.3. The maximum atomic E-state index is 11.6. The number of aliphatic carboxylic acids is 1. The second-order valence-corrected chi connectivity index (χ2v) is 6.34. The molecule has 0 aliphatic carbocycles. The summed E-state index contributed by atoms with van der Waals surface area (Å²) in [7, 11) is -3.11. The van der Waals surface area contributed by atoms with E-state index in [9.17, 15) is 18.0 Å². The molecule has 0 aromatic carbocycles. The standard InChI is InChI=1S/C9H16N2O5S/c12-8(13)6-11-9(14)10-5-7-3-1-2-4-17(7,15)16/h7H,1-6H2,(H,12,13)(H2,10,11,14). The Morgan fingerprint density at radius 3 is 2.53 bits per heavy atom. The van der Waals surface area contributed by atoms with Gasteiger partial charge in [0, 0.05) is 6.54 Å². The number of carboxylic acids is 1. The van der Waals surface area contributed by atoms with Gasteiger partial charge in [0.2, 0.25) is 0 Å². The Kier molecular flexibility index (Phi) is 4.73. The normalized spacial score (nSPS) is 22.7. The summed E-state index contributed by atoms with van der Waals surface area (Å²) in [6.07, 6.45) is 2.05. The molecule has 0 aromatic heterocycles. The molecule has 1 unspecified atom stereocenters. The van der Waals surface area contributed by atoms with Crippen LogP contribution in [0, 0.1) is 0 Å². The molecule has 8 heteroatoms. The van der Waals surface area contributed by atoms with Gasteiger partial charge < -0.3 is 15.7 Å². The molecule has 98 valence electrons. The average Bonchev–Trinajstić information content (AvgIpc) is 2.24. The third-order valence-electron chi connectivity index (χ3n) is 2.60. The van der Waals surface area contributed by atoms with E-state index in [1.807, 2.05) is 0 Å². The van der Waals surface area contributed by atoms with Crippen LogP contribution in [0.5, 0.6) is 0 Å². The fraction of sp³-hybridized carbons (Fsp3) is 0.778. The molecule has 0 bridgehead atoms. The van der Waals surface area contributed by atoms with E-state index in [4.69, 9.17) is 5.11 Å². The Balaban J connectivity index is 2.34. The molecule has 1 heterocycles. The highest BCUT2D eigenvalue weighted by molar-refractivity contribution is 7.92. The van der Waals surface area contributed by atoms with Crippen molar-refractivity contribution in [3.05, 3.63) is 0 Å². The number of urea groups is 1. The van der Waals surface area contributed by atoms with E-state index in [-0.39, 0.29) is 12.3 Å². The molecule has 1 rings (SSSR count). The van der Waals surface area contributed by atoms with E-state index >= 15 is 0 Å². The number of carbonyl (C=O) groups excluding carboxylic acids is 1. The van der Waals surface area contributed by atoms with Gasteiger partial charge in [-0.15, -0.1) is 0 Å². The topological polar surface area (TPSA) is 113 Å². The van der Waals surface area contributed by atoms with Crippen molar-refractivity contribution in [2.75, 3.05) is 18.8 Å². The third-order valence-corrected chi connectivity index (χ3v) is 4.88. The van der Waals surface area contributed by atoms with Gasteiger partial charge in [0.1, 0.15) is 6.54 Å². The highest BCUT2D eigenvalue weighted by atomic mass is 32.2. The van der Waals surface area contributed by atoms with Crippen LogP contribution < -0.4 is 10.6 Å². The van der Waals surface area contributed by atoms with E-state index in [1.54, 1.807) is 0 Å². The minimum atomic E-state index is -3.11. The van der Waals surface area contributed by atoms with E-state index in [0.29, 0.717) is 12.8 Å². The van der Waals surface area contributed by atoms with Crippen LogP contribution >= 0.6 is 0 Å². The number of sulfone groups is 1. The molecule has 1 atom stereocenters. The van der Waals surface area contributed by atoms with Crippen LogP contribution in [0.15, 0.2) is 0 Å². The number of hydrogen-bond donors (Lipinski definition) is 3. The number of nitrogens with one attached hydrogen (secondary N) is 2. The summed E-state index contributed by atoms with van der Waals surface area (Å²) in [5.41, 5.74) is 0. The van der Waals surface area contributed by atoms with Crippen molar-refractivity contribution in [3.63, 3.8) is 0 Å². The predicted molar refractivity (Wildman–Crippen MR) is 60.5 cm³/mol. The minimum absolute atomic E-state index is 0.0355. The second kappa shape index (κ2) is 5.85. The number of amides is 2. The Bertz CT molecular complexity index is 392. The Morgan fingerprint density at radius 2 is 1.94 bits per heavy atom. The first kappa shape index (κ1) is 13.8. The fourth-order valence-electron chi connectivity index (χ4n) is 1.68. The molecule has 17 heavy (non-hydrogen) atoms. The summed E-state index contributed by atoms with van der Waals surface area (Å²) in [6, 6.07) is -0.659. The number of rotatable bonds is 4. The maximum Gasteiger partial charge on any atom is 0.323 e. The van der Waals surface area contributed by atoms with E-state index in [2.05, 4.69) is 10.6 Å². The summed E-state index contributed by atoms with van der Waals surface area (Å²) in [6.45, 7) is -0.447. The number of carboxylic acid groups (broad SMARTS) is 1. The van der Waals surface area contributed by atoms with E-state index < -0.39 is 33.6 Å². The van der Waals surface area contributed by atoms with Gasteiger partial charge in [-0.25, -0.2) is 13.2 Å². The van der Waals surface area contributed by atoms with Crippen molar-refractivity contribution in [2.24, 2.45) is 0 Å². The zero-order valence-electron chi connectivity index (χ0n) is 9.31. The van der Waals surface area contributed by atoms with Gasteiger partial charge >= 0.3 is 12.0 Å². The van der Waals surface area contributed by atoms with Gasteiger partial charge in [0.25, 0.3) is 0 Å². The summed E-state index contributed by atoms with van der Waals surface area (Å²) < 4.78 is 23.2. The van der Waals surface area contributed by atoms with Gasteiger partial charge in [-0.1, -0.05) is 6.42 Å². The molecule has 2 amide bonds. The van der Waals surface area contributed by atoms with E-state index in [0.717, 1.165) is 6.42 Å². The Hall–Kier alpha value is -1.31. The number of hydrogen-bond acceptors (Lipinski definition) is 4. The molecular weight excluding hydrogens is 248 g/mol. The Labute approximate surface area is 99.5 Å². The predicted octanol–water partition coefficient (Wildman–Crippen LogP) is -0.663. The summed E-state index contributed by atoms with van der Waals surface area (Å²) in [4.78, 5) is 21.3. The van der Waals surface area contributed by atoms with Crippen molar-refractivity contribution in [2.45, 2.75) is 24.5 Å². The largest absolute Gasteiger partial charge is 0.480 e. The molecular formula is C9H16N2O5S. The quantitative estimate of drug-likeness (QED) is 0.624. The molecule has 1 aliphatic heterocycles. The average molecular weight is 264 g/mol. The molecule has 0 spiro atoms. The monoisotopic (exact) mass is 264 g/mol. The van der Waals surface area contributed by atoms with Crippen LogP contribution in [0.4, 0.5) is 4.79 Å². The van der Waals surface area contributed by atoms with Crippen LogP contribution in [-0.4, -0.2) is 49.6 Å². The fourth-order valence-corrected chi connectivity index (χ4v) is 3.48. The molecule has 3 N–H and O–H groups in total. The third kappa shape index (κ3) is 4.59. The second-order valence-electron chi connectivity index (χ2n) is 3.94. The van der Waals surface area contributed by atoms with Crippen molar-refractivity contribution >= 4 is 21.8 Å². The lowest BCUT2D eigenvalue weighted by Crippen LogP contribution is -2.44. The zero-order chi connectivity index (χ0) is 12.9. The minimum Gasteiger partial charge on any atom is -0.480 e. The van der Waals surface area contributed by atoms with E-state index in [1.165, 1.54) is 0 Å².